The van der Waals surface area contributed by atoms with E-state index in [1.165, 1.54) is 0 Å². The maximum Gasteiger partial charge on any atom is 0.251 e. The number of hydrogen-bond acceptors (Lipinski definition) is 4. The molecule has 0 radical (unpaired) electrons. The van der Waals surface area contributed by atoms with E-state index in [1.54, 1.807) is 11.0 Å². The highest BCUT2D eigenvalue weighted by molar-refractivity contribution is 6.00. The molecule has 3 N–H and O–H groups in total. The number of carbonyl (C=O) groups is 2. The minimum atomic E-state index is -0.413. The minimum Gasteiger partial charge on any atom is -0.369 e. The third-order valence-corrected chi connectivity index (χ3v) is 6.72. The summed E-state index contributed by atoms with van der Waals surface area (Å²) in [5.41, 5.74) is 8.46. The van der Waals surface area contributed by atoms with Crippen LogP contribution >= 0.6 is 0 Å². The number of guanidine groups is 1. The van der Waals surface area contributed by atoms with Crippen LogP contribution in [0, 0.1) is 0 Å². The number of benzene rings is 2. The quantitative estimate of drug-likeness (QED) is 0.558. The monoisotopic (exact) mass is 448 g/mol. The lowest BCUT2D eigenvalue weighted by Crippen LogP contribution is -2.52. The van der Waals surface area contributed by atoms with Crippen LogP contribution in [0.15, 0.2) is 59.6 Å². The zero-order chi connectivity index (χ0) is 24.0. The van der Waals surface area contributed by atoms with E-state index < -0.39 is 5.54 Å². The van der Waals surface area contributed by atoms with Crippen molar-refractivity contribution in [3.63, 3.8) is 0 Å². The second-order valence-electron chi connectivity index (χ2n) is 8.88. The molecule has 2 atom stereocenters. The summed E-state index contributed by atoms with van der Waals surface area (Å²) in [4.78, 5) is 32.6. The Kier molecular flexibility index (Phi) is 7.90. The molecular formula is C27H36N4O2. The van der Waals surface area contributed by atoms with Gasteiger partial charge in [0.1, 0.15) is 0 Å². The number of nitrogens with zero attached hydrogens (tertiary/aromatic N) is 2. The molecular weight excluding hydrogens is 412 g/mol. The molecule has 0 fully saturated rings. The highest BCUT2D eigenvalue weighted by Gasteiger charge is 2.40. The standard InChI is InChI=1S/C27H36N4O2/c1-5-12-23(31-24(32)18-27(6-2,7-3)30-26(31)28)21-15-11-16-22(17-21)25(33)29-19(4)20-13-9-8-10-14-20/h8-11,13-17,19,23H,5-7,12,18H2,1-4H3,(H2,28,30)(H,29,33)/t19-,23+/m0/s1. The average molecular weight is 449 g/mol. The maximum absolute atomic E-state index is 13.2. The van der Waals surface area contributed by atoms with Gasteiger partial charge in [0.2, 0.25) is 5.91 Å². The summed E-state index contributed by atoms with van der Waals surface area (Å²) in [6.07, 6.45) is 3.51. The molecule has 0 aliphatic carbocycles. The molecule has 2 amide bonds. The van der Waals surface area contributed by atoms with Gasteiger partial charge >= 0.3 is 0 Å². The smallest absolute Gasteiger partial charge is 0.251 e. The van der Waals surface area contributed by atoms with Crippen LogP contribution in [0.25, 0.3) is 0 Å². The van der Waals surface area contributed by atoms with Crippen molar-refractivity contribution in [1.29, 1.82) is 0 Å². The normalized spacial score (nSPS) is 17.3. The van der Waals surface area contributed by atoms with Crippen molar-refractivity contribution < 1.29 is 9.59 Å². The summed E-state index contributed by atoms with van der Waals surface area (Å²) in [5.74, 6) is 0.129. The van der Waals surface area contributed by atoms with Crippen LogP contribution in [0.2, 0.25) is 0 Å². The van der Waals surface area contributed by atoms with E-state index in [9.17, 15) is 9.59 Å². The number of carbonyl (C=O) groups excluding carboxylic acids is 2. The predicted octanol–water partition coefficient (Wildman–Crippen LogP) is 5.12. The topological polar surface area (TPSA) is 87.8 Å². The molecule has 0 saturated carbocycles. The first kappa shape index (κ1) is 24.5. The highest BCUT2D eigenvalue weighted by Crippen LogP contribution is 2.35. The number of amides is 2. The third kappa shape index (κ3) is 5.44. The summed E-state index contributed by atoms with van der Waals surface area (Å²) in [7, 11) is 0. The lowest BCUT2D eigenvalue weighted by atomic mass is 9.87. The van der Waals surface area contributed by atoms with Gasteiger partial charge in [-0.05, 0) is 49.4 Å². The molecule has 1 aliphatic heterocycles. The van der Waals surface area contributed by atoms with Crippen LogP contribution in [0.5, 0.6) is 0 Å². The first-order chi connectivity index (χ1) is 15.8. The van der Waals surface area contributed by atoms with Crippen LogP contribution in [-0.2, 0) is 4.79 Å². The van der Waals surface area contributed by atoms with Crippen LogP contribution in [-0.4, -0.2) is 28.2 Å². The van der Waals surface area contributed by atoms with Gasteiger partial charge in [0, 0.05) is 5.56 Å². The molecule has 0 saturated heterocycles. The van der Waals surface area contributed by atoms with Crippen LogP contribution in [0.4, 0.5) is 0 Å². The summed E-state index contributed by atoms with van der Waals surface area (Å²) < 4.78 is 0. The fraction of sp³-hybridized carbons (Fsp3) is 0.444. The molecule has 6 nitrogen and oxygen atoms in total. The number of rotatable bonds is 9. The molecule has 1 heterocycles. The largest absolute Gasteiger partial charge is 0.369 e. The summed E-state index contributed by atoms with van der Waals surface area (Å²) in [5, 5.41) is 3.07. The van der Waals surface area contributed by atoms with E-state index >= 15 is 0 Å². The molecule has 2 aromatic carbocycles. The van der Waals surface area contributed by atoms with E-state index in [0.717, 1.165) is 36.8 Å². The van der Waals surface area contributed by atoms with Crippen LogP contribution in [0.3, 0.4) is 0 Å². The number of hydrogen-bond donors (Lipinski definition) is 2. The number of nitrogens with two attached hydrogens (primary N) is 1. The van der Waals surface area contributed by atoms with Crippen molar-refractivity contribution in [3.05, 3.63) is 71.3 Å². The number of nitrogens with one attached hydrogen (secondary N) is 1. The molecule has 2 aromatic rings. The molecule has 0 aromatic heterocycles. The van der Waals surface area contributed by atoms with Gasteiger partial charge in [-0.2, -0.15) is 0 Å². The SMILES string of the molecule is CCC[C@H](c1cccc(C(=O)N[C@@H](C)c2ccccc2)c1)N1C(=O)CC(CC)(CC)N=C1N. The van der Waals surface area contributed by atoms with Crippen LogP contribution in [0.1, 0.15) is 93.4 Å². The van der Waals surface area contributed by atoms with E-state index in [-0.39, 0.29) is 29.9 Å². The Hall–Kier alpha value is -3.15. The molecule has 6 heteroatoms. The highest BCUT2D eigenvalue weighted by atomic mass is 16.2. The van der Waals surface area contributed by atoms with Gasteiger partial charge in [0.15, 0.2) is 5.96 Å². The first-order valence-corrected chi connectivity index (χ1v) is 12.0. The van der Waals surface area contributed by atoms with Gasteiger partial charge in [-0.15, -0.1) is 0 Å². The fourth-order valence-corrected chi connectivity index (χ4v) is 4.53. The summed E-state index contributed by atoms with van der Waals surface area (Å²) >= 11 is 0. The summed E-state index contributed by atoms with van der Waals surface area (Å²) in [6.45, 7) is 8.14. The van der Waals surface area contributed by atoms with E-state index in [2.05, 4.69) is 12.2 Å². The van der Waals surface area contributed by atoms with Gasteiger partial charge in [0.25, 0.3) is 5.91 Å². The molecule has 176 valence electrons. The van der Waals surface area contributed by atoms with E-state index in [1.807, 2.05) is 69.3 Å². The van der Waals surface area contributed by atoms with E-state index in [0.29, 0.717) is 12.0 Å². The zero-order valence-corrected chi connectivity index (χ0v) is 20.2. The van der Waals surface area contributed by atoms with Crippen molar-refractivity contribution >= 4 is 17.8 Å². The predicted molar refractivity (Wildman–Crippen MR) is 133 cm³/mol. The lowest BCUT2D eigenvalue weighted by molar-refractivity contribution is -0.131. The van der Waals surface area contributed by atoms with E-state index in [4.69, 9.17) is 10.7 Å². The zero-order valence-electron chi connectivity index (χ0n) is 20.2. The van der Waals surface area contributed by atoms with Crippen LogP contribution < -0.4 is 11.1 Å². The second-order valence-corrected chi connectivity index (χ2v) is 8.88. The van der Waals surface area contributed by atoms with Gasteiger partial charge < -0.3 is 11.1 Å². The summed E-state index contributed by atoms with van der Waals surface area (Å²) in [6, 6.07) is 17.0. The Balaban J connectivity index is 1.87. The first-order valence-electron chi connectivity index (χ1n) is 12.0. The van der Waals surface area contributed by atoms with Crippen molar-refractivity contribution in [2.75, 3.05) is 0 Å². The van der Waals surface area contributed by atoms with Gasteiger partial charge in [-0.1, -0.05) is 69.7 Å². The lowest BCUT2D eigenvalue weighted by Gasteiger charge is -2.40. The molecule has 0 spiro atoms. The third-order valence-electron chi connectivity index (χ3n) is 6.72. The van der Waals surface area contributed by atoms with Gasteiger partial charge in [-0.3, -0.25) is 14.5 Å². The molecule has 0 bridgehead atoms. The van der Waals surface area contributed by atoms with Crippen molar-refractivity contribution in [2.45, 2.75) is 77.4 Å². The molecule has 0 unspecified atom stereocenters. The average Bonchev–Trinajstić information content (AvgIpc) is 2.83. The Bertz CT molecular complexity index is 998. The molecule has 1 aliphatic rings. The Morgan fingerprint density at radius 1 is 1.09 bits per heavy atom. The van der Waals surface area contributed by atoms with Gasteiger partial charge in [0.05, 0.1) is 24.0 Å². The fourth-order valence-electron chi connectivity index (χ4n) is 4.53. The molecule has 3 rings (SSSR count). The maximum atomic E-state index is 13.2. The molecule has 33 heavy (non-hydrogen) atoms. The van der Waals surface area contributed by atoms with Crippen molar-refractivity contribution in [3.8, 4) is 0 Å². The van der Waals surface area contributed by atoms with Gasteiger partial charge in [-0.25, -0.2) is 4.99 Å². The Morgan fingerprint density at radius 2 is 1.76 bits per heavy atom. The minimum absolute atomic E-state index is 0.00259. The Labute approximate surface area is 197 Å². The number of aliphatic imine (C=N–C) groups is 1. The second kappa shape index (κ2) is 10.6. The van der Waals surface area contributed by atoms with Crippen molar-refractivity contribution in [1.82, 2.24) is 10.2 Å². The van der Waals surface area contributed by atoms with Crippen molar-refractivity contribution in [2.24, 2.45) is 10.7 Å². The Morgan fingerprint density at radius 3 is 2.36 bits per heavy atom.